The summed E-state index contributed by atoms with van der Waals surface area (Å²) in [4.78, 5) is 37.3. The fourth-order valence-corrected chi connectivity index (χ4v) is 3.45. The SMILES string of the molecule is COC(=O)c1ccc(CN2C(=O)NC(=Cc3ccc(-c4ccc(Cl)cc4Cl)o3)C2=O)o1. The summed E-state index contributed by atoms with van der Waals surface area (Å²) in [5, 5.41) is 3.41. The number of nitrogens with zero attached hydrogens (tertiary/aromatic N) is 1. The lowest BCUT2D eigenvalue weighted by molar-refractivity contribution is -0.123. The molecule has 0 bridgehead atoms. The zero-order valence-electron chi connectivity index (χ0n) is 16.0. The van der Waals surface area contributed by atoms with Crippen molar-refractivity contribution in [2.24, 2.45) is 0 Å². The van der Waals surface area contributed by atoms with E-state index >= 15 is 0 Å². The number of esters is 1. The minimum Gasteiger partial charge on any atom is -0.463 e. The average molecular weight is 461 g/mol. The summed E-state index contributed by atoms with van der Waals surface area (Å²) in [5.41, 5.74) is 0.672. The van der Waals surface area contributed by atoms with E-state index in [1.54, 1.807) is 30.3 Å². The third-order valence-electron chi connectivity index (χ3n) is 4.43. The van der Waals surface area contributed by atoms with Gasteiger partial charge in [0.15, 0.2) is 0 Å². The second-order valence-corrected chi connectivity index (χ2v) is 7.31. The molecule has 158 valence electrons. The van der Waals surface area contributed by atoms with Gasteiger partial charge >= 0.3 is 12.0 Å². The van der Waals surface area contributed by atoms with Crippen molar-refractivity contribution in [2.45, 2.75) is 6.54 Å². The number of halogens is 2. The molecule has 3 aromatic rings. The highest BCUT2D eigenvalue weighted by atomic mass is 35.5. The molecule has 1 saturated heterocycles. The molecular formula is C21H14Cl2N2O6. The van der Waals surface area contributed by atoms with Gasteiger partial charge in [-0.1, -0.05) is 23.2 Å². The zero-order chi connectivity index (χ0) is 22.1. The van der Waals surface area contributed by atoms with Crippen molar-refractivity contribution in [1.29, 1.82) is 0 Å². The highest BCUT2D eigenvalue weighted by molar-refractivity contribution is 6.36. The highest BCUT2D eigenvalue weighted by Crippen LogP contribution is 2.32. The number of nitrogens with one attached hydrogen (secondary N) is 1. The van der Waals surface area contributed by atoms with Gasteiger partial charge in [0, 0.05) is 16.7 Å². The van der Waals surface area contributed by atoms with Crippen molar-refractivity contribution in [3.63, 3.8) is 0 Å². The number of methoxy groups -OCH3 is 1. The van der Waals surface area contributed by atoms with Crippen LogP contribution < -0.4 is 5.32 Å². The van der Waals surface area contributed by atoms with E-state index < -0.39 is 17.9 Å². The first kappa shape index (κ1) is 20.8. The van der Waals surface area contributed by atoms with E-state index in [0.717, 1.165) is 4.90 Å². The van der Waals surface area contributed by atoms with Gasteiger partial charge in [0.1, 0.15) is 23.0 Å². The standard InChI is InChI=1S/C21H14Cl2N2O6/c1-29-20(27)18-7-4-13(31-18)10-25-19(26)16(24-21(25)28)9-12-3-6-17(30-12)14-5-2-11(22)8-15(14)23/h2-9H,10H2,1H3,(H,24,28). The molecule has 1 aliphatic heterocycles. The molecule has 10 heteroatoms. The summed E-state index contributed by atoms with van der Waals surface area (Å²) < 4.78 is 15.6. The molecule has 0 radical (unpaired) electrons. The Morgan fingerprint density at radius 2 is 1.94 bits per heavy atom. The monoisotopic (exact) mass is 460 g/mol. The number of carbonyl (C=O) groups excluding carboxylic acids is 3. The fourth-order valence-electron chi connectivity index (χ4n) is 2.95. The molecule has 31 heavy (non-hydrogen) atoms. The molecule has 1 fully saturated rings. The van der Waals surface area contributed by atoms with Crippen molar-refractivity contribution in [3.05, 3.63) is 75.5 Å². The van der Waals surface area contributed by atoms with Crippen LogP contribution in [0.1, 0.15) is 22.1 Å². The highest BCUT2D eigenvalue weighted by Gasteiger charge is 2.34. The number of urea groups is 1. The second kappa shape index (κ2) is 8.33. The van der Waals surface area contributed by atoms with Crippen LogP contribution in [0, 0.1) is 0 Å². The first-order valence-corrected chi connectivity index (χ1v) is 9.68. The van der Waals surface area contributed by atoms with Gasteiger partial charge in [0.05, 0.1) is 18.7 Å². The first-order chi connectivity index (χ1) is 14.9. The van der Waals surface area contributed by atoms with Crippen LogP contribution in [0.5, 0.6) is 0 Å². The van der Waals surface area contributed by atoms with E-state index in [4.69, 9.17) is 32.0 Å². The summed E-state index contributed by atoms with van der Waals surface area (Å²) in [6.45, 7) is -0.150. The van der Waals surface area contributed by atoms with E-state index in [-0.39, 0.29) is 23.8 Å². The van der Waals surface area contributed by atoms with Crippen LogP contribution in [-0.2, 0) is 16.1 Å². The Labute approximate surface area is 186 Å². The van der Waals surface area contributed by atoms with E-state index in [1.165, 1.54) is 25.3 Å². The Balaban J connectivity index is 1.51. The lowest BCUT2D eigenvalue weighted by Gasteiger charge is -2.09. The summed E-state index contributed by atoms with van der Waals surface area (Å²) >= 11 is 12.1. The van der Waals surface area contributed by atoms with Crippen LogP contribution in [0.3, 0.4) is 0 Å². The van der Waals surface area contributed by atoms with Gasteiger partial charge < -0.3 is 18.9 Å². The number of carbonyl (C=O) groups is 3. The lowest BCUT2D eigenvalue weighted by atomic mass is 10.2. The van der Waals surface area contributed by atoms with Crippen molar-refractivity contribution >= 4 is 47.2 Å². The number of benzene rings is 1. The Bertz CT molecular complexity index is 1230. The normalized spacial score (nSPS) is 14.9. The third-order valence-corrected chi connectivity index (χ3v) is 4.98. The van der Waals surface area contributed by atoms with E-state index in [9.17, 15) is 14.4 Å². The molecule has 3 amide bonds. The summed E-state index contributed by atoms with van der Waals surface area (Å²) in [6.07, 6.45) is 1.41. The number of ether oxygens (including phenoxy) is 1. The van der Waals surface area contributed by atoms with Crippen molar-refractivity contribution < 1.29 is 28.0 Å². The van der Waals surface area contributed by atoms with E-state index in [1.807, 2.05) is 0 Å². The summed E-state index contributed by atoms with van der Waals surface area (Å²) in [7, 11) is 1.22. The van der Waals surface area contributed by atoms with Gasteiger partial charge in [-0.25, -0.2) is 9.59 Å². The largest absolute Gasteiger partial charge is 0.463 e. The summed E-state index contributed by atoms with van der Waals surface area (Å²) in [5.74, 6) is -0.167. The molecule has 0 saturated carbocycles. The Morgan fingerprint density at radius 1 is 1.13 bits per heavy atom. The number of imide groups is 1. The Kier molecular flexibility index (Phi) is 5.58. The minimum atomic E-state index is -0.654. The first-order valence-electron chi connectivity index (χ1n) is 8.92. The molecule has 0 atom stereocenters. The van der Waals surface area contributed by atoms with Crippen molar-refractivity contribution in [3.8, 4) is 11.3 Å². The van der Waals surface area contributed by atoms with Gasteiger partial charge in [-0.15, -0.1) is 0 Å². The molecule has 3 heterocycles. The molecule has 2 aromatic heterocycles. The quantitative estimate of drug-likeness (QED) is 0.335. The van der Waals surface area contributed by atoms with Gasteiger partial charge in [0.25, 0.3) is 5.91 Å². The number of rotatable bonds is 5. The van der Waals surface area contributed by atoms with Crippen molar-refractivity contribution in [2.75, 3.05) is 7.11 Å². The maximum Gasteiger partial charge on any atom is 0.373 e. The van der Waals surface area contributed by atoms with Crippen LogP contribution in [0.2, 0.25) is 10.0 Å². The third kappa shape index (κ3) is 4.21. The van der Waals surface area contributed by atoms with Gasteiger partial charge in [-0.3, -0.25) is 9.69 Å². The Hall–Kier alpha value is -3.49. The molecule has 1 aromatic carbocycles. The van der Waals surface area contributed by atoms with Crippen LogP contribution in [0.15, 0.2) is 57.0 Å². The average Bonchev–Trinajstić information content (AvgIpc) is 3.45. The number of hydrogen-bond acceptors (Lipinski definition) is 6. The molecule has 8 nitrogen and oxygen atoms in total. The molecule has 4 rings (SSSR count). The van der Waals surface area contributed by atoms with Gasteiger partial charge in [-0.05, 0) is 42.5 Å². The fraction of sp³-hybridized carbons (Fsp3) is 0.0952. The van der Waals surface area contributed by atoms with E-state index in [2.05, 4.69) is 10.1 Å². The number of amides is 3. The Morgan fingerprint density at radius 3 is 2.68 bits per heavy atom. The topological polar surface area (TPSA) is 102 Å². The zero-order valence-corrected chi connectivity index (χ0v) is 17.5. The molecule has 0 unspecified atom stereocenters. The molecular weight excluding hydrogens is 447 g/mol. The van der Waals surface area contributed by atoms with Crippen LogP contribution >= 0.6 is 23.2 Å². The molecule has 1 aliphatic rings. The van der Waals surface area contributed by atoms with Crippen LogP contribution in [-0.4, -0.2) is 29.9 Å². The van der Waals surface area contributed by atoms with Crippen molar-refractivity contribution in [1.82, 2.24) is 10.2 Å². The lowest BCUT2D eigenvalue weighted by Crippen LogP contribution is -2.30. The number of hydrogen-bond donors (Lipinski definition) is 1. The predicted octanol–water partition coefficient (Wildman–Crippen LogP) is 4.73. The minimum absolute atomic E-state index is 0.0238. The van der Waals surface area contributed by atoms with Gasteiger partial charge in [-0.2, -0.15) is 0 Å². The van der Waals surface area contributed by atoms with E-state index in [0.29, 0.717) is 27.1 Å². The predicted molar refractivity (Wildman–Crippen MR) is 111 cm³/mol. The summed E-state index contributed by atoms with van der Waals surface area (Å²) in [6, 6.07) is 10.6. The molecule has 0 spiro atoms. The second-order valence-electron chi connectivity index (χ2n) is 6.46. The number of furan rings is 2. The molecule has 0 aliphatic carbocycles. The van der Waals surface area contributed by atoms with Crippen LogP contribution in [0.4, 0.5) is 4.79 Å². The molecule has 1 N–H and O–H groups in total. The smallest absolute Gasteiger partial charge is 0.373 e. The van der Waals surface area contributed by atoms with Gasteiger partial charge in [0.2, 0.25) is 5.76 Å². The maximum absolute atomic E-state index is 12.7. The van der Waals surface area contributed by atoms with Crippen LogP contribution in [0.25, 0.3) is 17.4 Å². The maximum atomic E-state index is 12.7.